The van der Waals surface area contributed by atoms with Gasteiger partial charge in [-0.25, -0.2) is 4.79 Å². The largest absolute Gasteiger partial charge is 0.331 e. The van der Waals surface area contributed by atoms with Gasteiger partial charge in [-0.1, -0.05) is 28.9 Å². The number of halogens is 1. The minimum Gasteiger partial charge on any atom is -0.331 e. The van der Waals surface area contributed by atoms with Crippen molar-refractivity contribution in [3.8, 4) is 0 Å². The molecule has 1 aliphatic carbocycles. The summed E-state index contributed by atoms with van der Waals surface area (Å²) < 4.78 is 1.19. The van der Waals surface area contributed by atoms with Crippen LogP contribution in [0.2, 0.25) is 0 Å². The highest BCUT2D eigenvalue weighted by atomic mass is 79.9. The zero-order valence-corrected chi connectivity index (χ0v) is 18.0. The SMILES string of the molecule is CCCN(C1CCN(C(=O)N(C)C)CC1)C1CCc2ccc(Br)cc2C1. The fourth-order valence-corrected chi connectivity index (χ4v) is 4.99. The van der Waals surface area contributed by atoms with Gasteiger partial charge in [0, 0.05) is 43.7 Å². The maximum absolute atomic E-state index is 12.2. The van der Waals surface area contributed by atoms with E-state index in [2.05, 4.69) is 46.0 Å². The predicted molar refractivity (Wildman–Crippen MR) is 111 cm³/mol. The fraction of sp³-hybridized carbons (Fsp3) is 0.667. The molecular weight excluding hydrogens is 390 g/mol. The highest BCUT2D eigenvalue weighted by Crippen LogP contribution is 2.30. The lowest BCUT2D eigenvalue weighted by atomic mass is 9.86. The molecule has 0 N–H and O–H groups in total. The number of nitrogens with zero attached hydrogens (tertiary/aromatic N) is 3. The van der Waals surface area contributed by atoms with Crippen LogP contribution in [0.25, 0.3) is 0 Å². The fourth-order valence-electron chi connectivity index (χ4n) is 4.58. The second-order valence-corrected chi connectivity index (χ2v) is 8.86. The Labute approximate surface area is 166 Å². The Balaban J connectivity index is 1.66. The summed E-state index contributed by atoms with van der Waals surface area (Å²) in [6, 6.07) is 8.16. The van der Waals surface area contributed by atoms with Crippen molar-refractivity contribution in [2.75, 3.05) is 33.7 Å². The molecule has 5 heteroatoms. The van der Waals surface area contributed by atoms with Crippen molar-refractivity contribution in [2.45, 2.75) is 57.5 Å². The normalized spacial score (nSPS) is 21.0. The number of amides is 2. The van der Waals surface area contributed by atoms with Crippen LogP contribution in [0.15, 0.2) is 22.7 Å². The Bertz CT molecular complexity index is 626. The van der Waals surface area contributed by atoms with Crippen LogP contribution < -0.4 is 0 Å². The van der Waals surface area contributed by atoms with Crippen LogP contribution in [-0.2, 0) is 12.8 Å². The summed E-state index contributed by atoms with van der Waals surface area (Å²) in [5.41, 5.74) is 3.03. The lowest BCUT2D eigenvalue weighted by molar-refractivity contribution is 0.0707. The topological polar surface area (TPSA) is 26.8 Å². The molecule has 0 aromatic heterocycles. The van der Waals surface area contributed by atoms with Crippen LogP contribution in [0.4, 0.5) is 4.79 Å². The standard InChI is InChI=1S/C21H32BrN3O/c1-4-11-25(19-9-12-24(13-10-19)21(26)23(2)3)20-8-6-16-5-7-18(22)14-17(16)15-20/h5,7,14,19-20H,4,6,8-13,15H2,1-3H3. The van der Waals surface area contributed by atoms with Crippen molar-refractivity contribution in [3.63, 3.8) is 0 Å². The van der Waals surface area contributed by atoms with E-state index in [1.807, 2.05) is 19.0 Å². The third kappa shape index (κ3) is 4.42. The number of carbonyl (C=O) groups excluding carboxylic acids is 1. The number of carbonyl (C=O) groups is 1. The third-order valence-electron chi connectivity index (χ3n) is 5.91. The number of benzene rings is 1. The quantitative estimate of drug-likeness (QED) is 0.729. The summed E-state index contributed by atoms with van der Waals surface area (Å²) in [5.74, 6) is 0. The second kappa shape index (κ2) is 8.75. The van der Waals surface area contributed by atoms with Gasteiger partial charge >= 0.3 is 6.03 Å². The van der Waals surface area contributed by atoms with Crippen LogP contribution >= 0.6 is 15.9 Å². The van der Waals surface area contributed by atoms with Gasteiger partial charge in [-0.15, -0.1) is 0 Å². The summed E-state index contributed by atoms with van der Waals surface area (Å²) in [5, 5.41) is 0. The van der Waals surface area contributed by atoms with Crippen LogP contribution in [0.5, 0.6) is 0 Å². The summed E-state index contributed by atoms with van der Waals surface area (Å²) in [6.07, 6.45) is 6.99. The molecule has 144 valence electrons. The molecule has 4 nitrogen and oxygen atoms in total. The van der Waals surface area contributed by atoms with E-state index >= 15 is 0 Å². The van der Waals surface area contributed by atoms with E-state index in [-0.39, 0.29) is 6.03 Å². The molecule has 0 bridgehead atoms. The number of aryl methyl sites for hydroxylation is 1. The first-order valence-corrected chi connectivity index (χ1v) is 10.8. The minimum atomic E-state index is 0.155. The molecule has 0 radical (unpaired) electrons. The monoisotopic (exact) mass is 421 g/mol. The van der Waals surface area contributed by atoms with Crippen LogP contribution in [-0.4, -0.2) is 66.5 Å². The molecule has 0 spiro atoms. The molecular formula is C21H32BrN3O. The van der Waals surface area contributed by atoms with E-state index in [0.717, 1.165) is 32.4 Å². The smallest absolute Gasteiger partial charge is 0.319 e. The third-order valence-corrected chi connectivity index (χ3v) is 6.40. The van der Waals surface area contributed by atoms with Crippen LogP contribution in [0, 0.1) is 0 Å². The molecule has 2 aliphatic rings. The van der Waals surface area contributed by atoms with E-state index < -0.39 is 0 Å². The van der Waals surface area contributed by atoms with Gasteiger partial charge in [-0.3, -0.25) is 4.90 Å². The summed E-state index contributed by atoms with van der Waals surface area (Å²) in [7, 11) is 3.69. The molecule has 1 heterocycles. The zero-order valence-electron chi connectivity index (χ0n) is 16.4. The molecule has 1 aliphatic heterocycles. The van der Waals surface area contributed by atoms with Crippen molar-refractivity contribution in [2.24, 2.45) is 0 Å². The van der Waals surface area contributed by atoms with E-state index in [4.69, 9.17) is 0 Å². The van der Waals surface area contributed by atoms with Crippen molar-refractivity contribution in [1.29, 1.82) is 0 Å². The lowest BCUT2D eigenvalue weighted by Crippen LogP contribution is -2.53. The van der Waals surface area contributed by atoms with Gasteiger partial charge in [-0.2, -0.15) is 0 Å². The van der Waals surface area contributed by atoms with E-state index in [1.54, 1.807) is 4.90 Å². The number of hydrogen-bond acceptors (Lipinski definition) is 2. The predicted octanol–water partition coefficient (Wildman–Crippen LogP) is 4.16. The van der Waals surface area contributed by atoms with Crippen molar-refractivity contribution < 1.29 is 4.79 Å². The highest BCUT2D eigenvalue weighted by Gasteiger charge is 2.32. The molecule has 2 amide bonds. The van der Waals surface area contributed by atoms with Gasteiger partial charge < -0.3 is 9.80 Å². The molecule has 1 aromatic carbocycles. The van der Waals surface area contributed by atoms with E-state index in [9.17, 15) is 4.79 Å². The maximum atomic E-state index is 12.2. The van der Waals surface area contributed by atoms with Gasteiger partial charge in [0.05, 0.1) is 0 Å². The summed E-state index contributed by atoms with van der Waals surface area (Å²) in [4.78, 5) is 18.7. The van der Waals surface area contributed by atoms with Gasteiger partial charge in [-0.05, 0) is 68.3 Å². The van der Waals surface area contributed by atoms with Gasteiger partial charge in [0.25, 0.3) is 0 Å². The number of piperidine rings is 1. The lowest BCUT2D eigenvalue weighted by Gasteiger charge is -2.44. The van der Waals surface area contributed by atoms with Gasteiger partial charge in [0.1, 0.15) is 0 Å². The number of rotatable bonds is 4. The first kappa shape index (κ1) is 19.7. The second-order valence-electron chi connectivity index (χ2n) is 7.94. The zero-order chi connectivity index (χ0) is 18.7. The molecule has 0 saturated carbocycles. The molecule has 1 aromatic rings. The first-order chi connectivity index (χ1) is 12.5. The minimum absolute atomic E-state index is 0.155. The maximum Gasteiger partial charge on any atom is 0.319 e. The van der Waals surface area contributed by atoms with Crippen molar-refractivity contribution in [1.82, 2.24) is 14.7 Å². The average Bonchev–Trinajstić information content (AvgIpc) is 2.65. The molecule has 1 fully saturated rings. The molecule has 1 atom stereocenters. The van der Waals surface area contributed by atoms with Gasteiger partial charge in [0.15, 0.2) is 0 Å². The molecule has 1 unspecified atom stereocenters. The number of fused-ring (bicyclic) bond motifs is 1. The van der Waals surface area contributed by atoms with Gasteiger partial charge in [0.2, 0.25) is 0 Å². The Kier molecular flexibility index (Phi) is 6.62. The number of likely N-dealkylation sites (tertiary alicyclic amines) is 1. The van der Waals surface area contributed by atoms with Crippen LogP contribution in [0.3, 0.4) is 0 Å². The average molecular weight is 422 g/mol. The number of hydrogen-bond donors (Lipinski definition) is 0. The Morgan fingerprint density at radius 1 is 1.15 bits per heavy atom. The molecule has 3 rings (SSSR count). The van der Waals surface area contributed by atoms with Crippen LogP contribution in [0.1, 0.15) is 43.7 Å². The molecule has 1 saturated heterocycles. The first-order valence-electron chi connectivity index (χ1n) is 9.99. The van der Waals surface area contributed by atoms with Crippen molar-refractivity contribution in [3.05, 3.63) is 33.8 Å². The Morgan fingerprint density at radius 2 is 1.88 bits per heavy atom. The Hall–Kier alpha value is -1.07. The van der Waals surface area contributed by atoms with E-state index in [0.29, 0.717) is 12.1 Å². The molecule has 26 heavy (non-hydrogen) atoms. The van der Waals surface area contributed by atoms with Crippen molar-refractivity contribution >= 4 is 22.0 Å². The summed E-state index contributed by atoms with van der Waals surface area (Å²) >= 11 is 3.63. The Morgan fingerprint density at radius 3 is 2.54 bits per heavy atom. The van der Waals surface area contributed by atoms with E-state index in [1.165, 1.54) is 41.4 Å². The summed E-state index contributed by atoms with van der Waals surface area (Å²) in [6.45, 7) is 5.22. The highest BCUT2D eigenvalue weighted by molar-refractivity contribution is 9.10. The number of urea groups is 1.